The Bertz CT molecular complexity index is 1010. The minimum absolute atomic E-state index is 0.0616. The molecule has 0 aliphatic heterocycles. The highest BCUT2D eigenvalue weighted by atomic mass is 32.2. The predicted molar refractivity (Wildman–Crippen MR) is 121 cm³/mol. The minimum atomic E-state index is -0.330. The molecule has 0 N–H and O–H groups in total. The van der Waals surface area contributed by atoms with Crippen molar-refractivity contribution in [1.29, 1.82) is 0 Å². The number of thioether (sulfide) groups is 1. The number of rotatable bonds is 6. The van der Waals surface area contributed by atoms with Gasteiger partial charge >= 0.3 is 0 Å². The molecule has 6 nitrogen and oxygen atoms in total. The third-order valence-corrected chi connectivity index (χ3v) is 5.93. The summed E-state index contributed by atoms with van der Waals surface area (Å²) in [5.41, 5.74) is 4.00. The number of carbonyl (C=O) groups excluding carboxylic acids is 1. The van der Waals surface area contributed by atoms with E-state index in [1.165, 1.54) is 17.3 Å². The molecule has 30 heavy (non-hydrogen) atoms. The molecule has 0 unspecified atom stereocenters. The minimum Gasteiger partial charge on any atom is -0.333 e. The highest BCUT2D eigenvalue weighted by molar-refractivity contribution is 8.00. The van der Waals surface area contributed by atoms with Gasteiger partial charge in [-0.15, -0.1) is 5.10 Å². The van der Waals surface area contributed by atoms with E-state index in [-0.39, 0.29) is 16.7 Å². The molecule has 1 atom stereocenters. The number of tetrazole rings is 1. The molecule has 2 aromatic carbocycles. The van der Waals surface area contributed by atoms with Gasteiger partial charge in [-0.2, -0.15) is 4.68 Å². The smallest absolute Gasteiger partial charge is 0.236 e. The van der Waals surface area contributed by atoms with Gasteiger partial charge in [0.2, 0.25) is 11.1 Å². The van der Waals surface area contributed by atoms with Crippen LogP contribution in [0.2, 0.25) is 0 Å². The second-order valence-corrected chi connectivity index (χ2v) is 9.81. The summed E-state index contributed by atoms with van der Waals surface area (Å²) in [5.74, 6) is 0.0616. The van der Waals surface area contributed by atoms with E-state index in [4.69, 9.17) is 0 Å². The number of hydrogen-bond donors (Lipinski definition) is 0. The Labute approximate surface area is 182 Å². The van der Waals surface area contributed by atoms with Crippen molar-refractivity contribution in [3.8, 4) is 5.69 Å². The van der Waals surface area contributed by atoms with Crippen LogP contribution in [0.25, 0.3) is 5.69 Å². The number of nitrogens with zero attached hydrogens (tertiary/aromatic N) is 5. The summed E-state index contributed by atoms with van der Waals surface area (Å²) in [6.45, 7) is 12.8. The average molecular weight is 424 g/mol. The van der Waals surface area contributed by atoms with E-state index in [2.05, 4.69) is 49.3 Å². The molecule has 158 valence electrons. The molecule has 0 fully saturated rings. The van der Waals surface area contributed by atoms with E-state index in [0.29, 0.717) is 11.7 Å². The summed E-state index contributed by atoms with van der Waals surface area (Å²) in [4.78, 5) is 15.3. The van der Waals surface area contributed by atoms with Crippen molar-refractivity contribution in [1.82, 2.24) is 25.1 Å². The summed E-state index contributed by atoms with van der Waals surface area (Å²) < 4.78 is 1.71. The molecule has 1 aromatic heterocycles. The predicted octanol–water partition coefficient (Wildman–Crippen LogP) is 4.59. The van der Waals surface area contributed by atoms with Crippen LogP contribution in [0.4, 0.5) is 0 Å². The van der Waals surface area contributed by atoms with Gasteiger partial charge in [0, 0.05) is 12.1 Å². The van der Waals surface area contributed by atoms with Gasteiger partial charge in [-0.1, -0.05) is 59.8 Å². The lowest BCUT2D eigenvalue weighted by Crippen LogP contribution is -2.48. The zero-order chi connectivity index (χ0) is 21.9. The van der Waals surface area contributed by atoms with Gasteiger partial charge < -0.3 is 4.90 Å². The number of aromatic nitrogens is 4. The topological polar surface area (TPSA) is 63.9 Å². The second kappa shape index (κ2) is 9.00. The third kappa shape index (κ3) is 5.08. The summed E-state index contributed by atoms with van der Waals surface area (Å²) in [6.07, 6.45) is 0. The van der Waals surface area contributed by atoms with Gasteiger partial charge in [-0.05, 0) is 69.2 Å². The normalized spacial score (nSPS) is 12.6. The summed E-state index contributed by atoms with van der Waals surface area (Å²) in [5, 5.41) is 12.5. The van der Waals surface area contributed by atoms with Crippen LogP contribution in [0.15, 0.2) is 53.7 Å². The third-order valence-electron chi connectivity index (χ3n) is 4.91. The molecule has 7 heteroatoms. The zero-order valence-corrected chi connectivity index (χ0v) is 19.3. The lowest BCUT2D eigenvalue weighted by Gasteiger charge is -2.37. The number of carbonyl (C=O) groups is 1. The largest absolute Gasteiger partial charge is 0.333 e. The molecule has 0 saturated heterocycles. The van der Waals surface area contributed by atoms with E-state index in [1.807, 2.05) is 61.2 Å². The van der Waals surface area contributed by atoms with Crippen molar-refractivity contribution in [2.75, 3.05) is 0 Å². The summed E-state index contributed by atoms with van der Waals surface area (Å²) in [7, 11) is 0. The Kier molecular flexibility index (Phi) is 6.61. The molecule has 3 rings (SSSR count). The standard InChI is InChI=1S/C23H29N5OS/c1-16-12-13-20(17(2)14-16)28-22(24-25-26-28)30-18(3)21(29)27(23(4,5)6)15-19-10-8-7-9-11-19/h7-14,18H,15H2,1-6H3/t18-/m0/s1. The Balaban J connectivity index is 1.82. The van der Waals surface area contributed by atoms with Crippen molar-refractivity contribution in [2.45, 2.75) is 64.0 Å². The van der Waals surface area contributed by atoms with E-state index in [0.717, 1.165) is 16.8 Å². The Morgan fingerprint density at radius 1 is 1.13 bits per heavy atom. The van der Waals surface area contributed by atoms with Crippen molar-refractivity contribution >= 4 is 17.7 Å². The van der Waals surface area contributed by atoms with E-state index in [1.54, 1.807) is 4.68 Å². The molecule has 3 aromatic rings. The molecular formula is C23H29N5OS. The maximum Gasteiger partial charge on any atom is 0.236 e. The fourth-order valence-electron chi connectivity index (χ4n) is 3.29. The molecule has 1 heterocycles. The highest BCUT2D eigenvalue weighted by Gasteiger charge is 2.31. The average Bonchev–Trinajstić information content (AvgIpc) is 3.13. The fraction of sp³-hybridized carbons (Fsp3) is 0.391. The fourth-order valence-corrected chi connectivity index (χ4v) is 4.15. The van der Waals surface area contributed by atoms with Crippen LogP contribution >= 0.6 is 11.8 Å². The van der Waals surface area contributed by atoms with Crippen LogP contribution in [0.5, 0.6) is 0 Å². The van der Waals surface area contributed by atoms with Crippen LogP contribution < -0.4 is 0 Å². The van der Waals surface area contributed by atoms with Gasteiger partial charge in [0.15, 0.2) is 0 Å². The molecule has 1 amide bonds. The zero-order valence-electron chi connectivity index (χ0n) is 18.5. The van der Waals surface area contributed by atoms with E-state index in [9.17, 15) is 4.79 Å². The Morgan fingerprint density at radius 2 is 1.83 bits per heavy atom. The first kappa shape index (κ1) is 22.0. The number of aryl methyl sites for hydroxylation is 2. The number of amides is 1. The number of benzene rings is 2. The Morgan fingerprint density at radius 3 is 2.47 bits per heavy atom. The van der Waals surface area contributed by atoms with Crippen molar-refractivity contribution in [3.63, 3.8) is 0 Å². The van der Waals surface area contributed by atoms with Crippen molar-refractivity contribution < 1.29 is 4.79 Å². The first-order valence-corrected chi connectivity index (χ1v) is 10.9. The van der Waals surface area contributed by atoms with E-state index < -0.39 is 0 Å². The lowest BCUT2D eigenvalue weighted by atomic mass is 10.0. The van der Waals surface area contributed by atoms with Gasteiger partial charge in [0.05, 0.1) is 10.9 Å². The molecular weight excluding hydrogens is 394 g/mol. The maximum atomic E-state index is 13.4. The lowest BCUT2D eigenvalue weighted by molar-refractivity contribution is -0.135. The van der Waals surface area contributed by atoms with Crippen molar-refractivity contribution in [2.24, 2.45) is 0 Å². The van der Waals surface area contributed by atoms with E-state index >= 15 is 0 Å². The van der Waals surface area contributed by atoms with Gasteiger partial charge in [0.1, 0.15) is 0 Å². The Hall–Kier alpha value is -2.67. The SMILES string of the molecule is Cc1ccc(-n2nnnc2S[C@@H](C)C(=O)N(Cc2ccccc2)C(C)(C)C)c(C)c1. The van der Waals surface area contributed by atoms with Gasteiger partial charge in [-0.3, -0.25) is 4.79 Å². The highest BCUT2D eigenvalue weighted by Crippen LogP contribution is 2.28. The van der Waals surface area contributed by atoms with Crippen LogP contribution in [0.1, 0.15) is 44.4 Å². The molecule has 0 spiro atoms. The second-order valence-electron chi connectivity index (χ2n) is 8.50. The van der Waals surface area contributed by atoms with Gasteiger partial charge in [0.25, 0.3) is 0 Å². The number of hydrogen-bond acceptors (Lipinski definition) is 5. The first-order valence-electron chi connectivity index (χ1n) is 10.0. The summed E-state index contributed by atoms with van der Waals surface area (Å²) >= 11 is 1.38. The molecule has 0 aliphatic rings. The van der Waals surface area contributed by atoms with Crippen molar-refractivity contribution in [3.05, 3.63) is 65.2 Å². The molecule has 0 radical (unpaired) electrons. The van der Waals surface area contributed by atoms with Crippen LogP contribution in [0, 0.1) is 13.8 Å². The maximum absolute atomic E-state index is 13.4. The van der Waals surface area contributed by atoms with Crippen LogP contribution in [-0.4, -0.2) is 41.8 Å². The molecule has 0 bridgehead atoms. The molecule has 0 aliphatic carbocycles. The van der Waals surface area contributed by atoms with Gasteiger partial charge in [-0.25, -0.2) is 0 Å². The first-order chi connectivity index (χ1) is 14.2. The quantitative estimate of drug-likeness (QED) is 0.543. The summed E-state index contributed by atoms with van der Waals surface area (Å²) in [6, 6.07) is 16.2. The molecule has 0 saturated carbocycles. The van der Waals surface area contributed by atoms with Crippen LogP contribution in [-0.2, 0) is 11.3 Å². The van der Waals surface area contributed by atoms with Crippen LogP contribution in [0.3, 0.4) is 0 Å². The monoisotopic (exact) mass is 423 g/mol.